The minimum atomic E-state index is 0.480. The summed E-state index contributed by atoms with van der Waals surface area (Å²) in [6.45, 7) is 9.15. The van der Waals surface area contributed by atoms with E-state index in [0.717, 1.165) is 31.6 Å². The lowest BCUT2D eigenvalue weighted by atomic mass is 10.3. The SMILES string of the molecule is C=C(C)CN=C(N)NCCCCOCCOC. The summed E-state index contributed by atoms with van der Waals surface area (Å²) in [5.74, 6) is 0.480. The zero-order valence-electron chi connectivity index (χ0n) is 11.0. The van der Waals surface area contributed by atoms with E-state index in [2.05, 4.69) is 16.9 Å². The molecule has 0 aromatic heterocycles. The fourth-order valence-electron chi connectivity index (χ4n) is 1.07. The van der Waals surface area contributed by atoms with Crippen LogP contribution in [0, 0.1) is 0 Å². The van der Waals surface area contributed by atoms with Gasteiger partial charge in [0.25, 0.3) is 0 Å². The van der Waals surface area contributed by atoms with Crippen LogP contribution in [0.25, 0.3) is 0 Å². The molecular formula is C12H25N3O2. The van der Waals surface area contributed by atoms with E-state index in [9.17, 15) is 0 Å². The zero-order valence-corrected chi connectivity index (χ0v) is 11.0. The first-order chi connectivity index (χ1) is 8.16. The number of guanidine groups is 1. The van der Waals surface area contributed by atoms with Crippen LogP contribution in [-0.4, -0.2) is 46.0 Å². The van der Waals surface area contributed by atoms with Crippen molar-refractivity contribution < 1.29 is 9.47 Å². The smallest absolute Gasteiger partial charge is 0.188 e. The van der Waals surface area contributed by atoms with E-state index in [1.807, 2.05) is 6.92 Å². The average Bonchev–Trinajstić information content (AvgIpc) is 2.30. The Morgan fingerprint density at radius 2 is 2.06 bits per heavy atom. The highest BCUT2D eigenvalue weighted by Crippen LogP contribution is 1.89. The third-order valence-corrected chi connectivity index (χ3v) is 1.97. The molecule has 0 saturated carbocycles. The average molecular weight is 243 g/mol. The fourth-order valence-corrected chi connectivity index (χ4v) is 1.07. The highest BCUT2D eigenvalue weighted by atomic mass is 16.5. The molecule has 0 aromatic rings. The Kier molecular flexibility index (Phi) is 10.7. The first-order valence-electron chi connectivity index (χ1n) is 5.91. The molecule has 0 fully saturated rings. The Labute approximate surface area is 104 Å². The molecule has 0 aliphatic rings. The molecule has 0 amide bonds. The largest absolute Gasteiger partial charge is 0.382 e. The molecule has 0 heterocycles. The number of nitrogens with one attached hydrogen (secondary N) is 1. The maximum Gasteiger partial charge on any atom is 0.188 e. The van der Waals surface area contributed by atoms with Crippen molar-refractivity contribution in [3.63, 3.8) is 0 Å². The van der Waals surface area contributed by atoms with Crippen LogP contribution in [0.2, 0.25) is 0 Å². The summed E-state index contributed by atoms with van der Waals surface area (Å²) in [6.07, 6.45) is 2.01. The first-order valence-corrected chi connectivity index (χ1v) is 5.91. The van der Waals surface area contributed by atoms with Gasteiger partial charge in [0.1, 0.15) is 0 Å². The summed E-state index contributed by atoms with van der Waals surface area (Å²) >= 11 is 0. The Hall–Kier alpha value is -1.07. The number of aliphatic imine (C=N–C) groups is 1. The Morgan fingerprint density at radius 3 is 2.71 bits per heavy atom. The molecule has 0 bridgehead atoms. The van der Waals surface area contributed by atoms with E-state index in [1.54, 1.807) is 7.11 Å². The molecule has 0 aliphatic heterocycles. The van der Waals surface area contributed by atoms with Gasteiger partial charge in [0, 0.05) is 20.3 Å². The lowest BCUT2D eigenvalue weighted by molar-refractivity contribution is 0.0689. The normalized spacial score (nSPS) is 11.5. The van der Waals surface area contributed by atoms with E-state index < -0.39 is 0 Å². The minimum Gasteiger partial charge on any atom is -0.382 e. The molecule has 0 aliphatic carbocycles. The second-order valence-electron chi connectivity index (χ2n) is 3.90. The Morgan fingerprint density at radius 1 is 1.29 bits per heavy atom. The van der Waals surface area contributed by atoms with Gasteiger partial charge in [0.2, 0.25) is 0 Å². The molecule has 0 radical (unpaired) electrons. The molecule has 3 N–H and O–H groups in total. The van der Waals surface area contributed by atoms with Crippen molar-refractivity contribution in [2.45, 2.75) is 19.8 Å². The van der Waals surface area contributed by atoms with Crippen molar-refractivity contribution in [2.24, 2.45) is 10.7 Å². The summed E-state index contributed by atoms with van der Waals surface area (Å²) < 4.78 is 10.2. The quantitative estimate of drug-likeness (QED) is 0.259. The van der Waals surface area contributed by atoms with Gasteiger partial charge in [0.05, 0.1) is 19.8 Å². The highest BCUT2D eigenvalue weighted by Gasteiger charge is 1.92. The van der Waals surface area contributed by atoms with Gasteiger partial charge in [-0.1, -0.05) is 12.2 Å². The predicted molar refractivity (Wildman–Crippen MR) is 71.2 cm³/mol. The molecular weight excluding hydrogens is 218 g/mol. The highest BCUT2D eigenvalue weighted by molar-refractivity contribution is 5.77. The van der Waals surface area contributed by atoms with Crippen molar-refractivity contribution in [3.8, 4) is 0 Å². The number of nitrogens with two attached hydrogens (primary N) is 1. The third-order valence-electron chi connectivity index (χ3n) is 1.97. The number of ether oxygens (including phenoxy) is 2. The Balaban J connectivity index is 3.27. The molecule has 0 saturated heterocycles. The van der Waals surface area contributed by atoms with Gasteiger partial charge in [-0.15, -0.1) is 0 Å². The standard InChI is InChI=1S/C12H25N3O2/c1-11(2)10-15-12(13)14-6-4-5-7-17-9-8-16-3/h1,4-10H2,2-3H3,(H3,13,14,15). The summed E-state index contributed by atoms with van der Waals surface area (Å²) in [4.78, 5) is 4.12. The first kappa shape index (κ1) is 15.9. The fraction of sp³-hybridized carbons (Fsp3) is 0.750. The molecule has 0 spiro atoms. The molecule has 100 valence electrons. The third kappa shape index (κ3) is 12.9. The van der Waals surface area contributed by atoms with Gasteiger partial charge in [0.15, 0.2) is 5.96 Å². The second kappa shape index (κ2) is 11.4. The molecule has 17 heavy (non-hydrogen) atoms. The van der Waals surface area contributed by atoms with Crippen molar-refractivity contribution in [1.29, 1.82) is 0 Å². The van der Waals surface area contributed by atoms with Gasteiger partial charge >= 0.3 is 0 Å². The minimum absolute atomic E-state index is 0.480. The Bertz CT molecular complexity index is 230. The maximum absolute atomic E-state index is 5.65. The monoisotopic (exact) mass is 243 g/mol. The van der Waals surface area contributed by atoms with Crippen molar-refractivity contribution >= 4 is 5.96 Å². The predicted octanol–water partition coefficient (Wildman–Crippen LogP) is 0.910. The van der Waals surface area contributed by atoms with Gasteiger partial charge in [-0.05, 0) is 19.8 Å². The van der Waals surface area contributed by atoms with Gasteiger partial charge in [-0.2, -0.15) is 0 Å². The van der Waals surface area contributed by atoms with Crippen LogP contribution >= 0.6 is 0 Å². The summed E-state index contributed by atoms with van der Waals surface area (Å²) in [7, 11) is 1.67. The maximum atomic E-state index is 5.65. The van der Waals surface area contributed by atoms with Gasteiger partial charge in [-0.3, -0.25) is 0 Å². The molecule has 0 atom stereocenters. The lowest BCUT2D eigenvalue weighted by Crippen LogP contribution is -2.32. The molecule has 0 aromatic carbocycles. The summed E-state index contributed by atoms with van der Waals surface area (Å²) in [6, 6.07) is 0. The van der Waals surface area contributed by atoms with Crippen molar-refractivity contribution in [3.05, 3.63) is 12.2 Å². The van der Waals surface area contributed by atoms with Crippen LogP contribution in [0.15, 0.2) is 17.1 Å². The lowest BCUT2D eigenvalue weighted by Gasteiger charge is -2.06. The molecule has 5 nitrogen and oxygen atoms in total. The number of rotatable bonds is 10. The summed E-state index contributed by atoms with van der Waals surface area (Å²) in [5.41, 5.74) is 6.65. The summed E-state index contributed by atoms with van der Waals surface area (Å²) in [5, 5.41) is 3.05. The van der Waals surface area contributed by atoms with E-state index in [4.69, 9.17) is 15.2 Å². The van der Waals surface area contributed by atoms with Gasteiger partial charge in [-0.25, -0.2) is 4.99 Å². The topological polar surface area (TPSA) is 68.9 Å². The van der Waals surface area contributed by atoms with Crippen LogP contribution < -0.4 is 11.1 Å². The molecule has 0 unspecified atom stereocenters. The second-order valence-corrected chi connectivity index (χ2v) is 3.90. The zero-order chi connectivity index (χ0) is 12.9. The molecule has 0 rings (SSSR count). The van der Waals surface area contributed by atoms with Crippen LogP contribution in [-0.2, 0) is 9.47 Å². The van der Waals surface area contributed by atoms with Crippen LogP contribution in [0.4, 0.5) is 0 Å². The van der Waals surface area contributed by atoms with Crippen molar-refractivity contribution in [2.75, 3.05) is 40.0 Å². The van der Waals surface area contributed by atoms with E-state index in [0.29, 0.717) is 25.7 Å². The molecule has 5 heteroatoms. The number of unbranched alkanes of at least 4 members (excludes halogenated alkanes) is 1. The van der Waals surface area contributed by atoms with E-state index in [-0.39, 0.29) is 0 Å². The van der Waals surface area contributed by atoms with E-state index >= 15 is 0 Å². The van der Waals surface area contributed by atoms with Gasteiger partial charge < -0.3 is 20.5 Å². The van der Waals surface area contributed by atoms with E-state index in [1.165, 1.54) is 0 Å². The number of methoxy groups -OCH3 is 1. The van der Waals surface area contributed by atoms with Crippen LogP contribution in [0.3, 0.4) is 0 Å². The van der Waals surface area contributed by atoms with Crippen molar-refractivity contribution in [1.82, 2.24) is 5.32 Å². The number of hydrogen-bond donors (Lipinski definition) is 2. The van der Waals surface area contributed by atoms with Crippen LogP contribution in [0.5, 0.6) is 0 Å². The number of hydrogen-bond acceptors (Lipinski definition) is 3. The van der Waals surface area contributed by atoms with Crippen LogP contribution in [0.1, 0.15) is 19.8 Å². The number of nitrogens with zero attached hydrogens (tertiary/aromatic N) is 1.